The Labute approximate surface area is 113 Å². The molecule has 0 aliphatic heterocycles. The highest BCUT2D eigenvalue weighted by Crippen LogP contribution is 2.11. The lowest BCUT2D eigenvalue weighted by molar-refractivity contribution is -0.118. The van der Waals surface area contributed by atoms with E-state index in [0.717, 1.165) is 5.56 Å². The van der Waals surface area contributed by atoms with E-state index in [1.54, 1.807) is 24.3 Å². The van der Waals surface area contributed by atoms with E-state index in [4.69, 9.17) is 11.5 Å². The molecular weight excluding hydrogens is 242 g/mol. The fraction of sp³-hybridized carbons (Fsp3) is 0.429. The van der Waals surface area contributed by atoms with Crippen molar-refractivity contribution in [2.45, 2.75) is 32.7 Å². The number of anilines is 1. The molecule has 104 valence electrons. The predicted octanol–water partition coefficient (Wildman–Crippen LogP) is 1.03. The highest BCUT2D eigenvalue weighted by molar-refractivity contribution is 5.94. The van der Waals surface area contributed by atoms with Crippen LogP contribution in [-0.4, -0.2) is 17.9 Å². The van der Waals surface area contributed by atoms with Crippen LogP contribution in [0.25, 0.3) is 0 Å². The minimum atomic E-state index is -0.509. The van der Waals surface area contributed by atoms with Crippen LogP contribution in [0.2, 0.25) is 0 Å². The molecule has 1 aromatic rings. The van der Waals surface area contributed by atoms with Crippen molar-refractivity contribution in [3.05, 3.63) is 29.8 Å². The average molecular weight is 263 g/mol. The van der Waals surface area contributed by atoms with Gasteiger partial charge in [0.2, 0.25) is 11.8 Å². The van der Waals surface area contributed by atoms with Crippen LogP contribution in [0.3, 0.4) is 0 Å². The van der Waals surface area contributed by atoms with Crippen molar-refractivity contribution >= 4 is 17.5 Å². The molecule has 5 N–H and O–H groups in total. The molecule has 5 nitrogen and oxygen atoms in total. The van der Waals surface area contributed by atoms with E-state index >= 15 is 0 Å². The fourth-order valence-corrected chi connectivity index (χ4v) is 1.76. The van der Waals surface area contributed by atoms with Gasteiger partial charge in [0.25, 0.3) is 0 Å². The van der Waals surface area contributed by atoms with Gasteiger partial charge in [-0.25, -0.2) is 0 Å². The van der Waals surface area contributed by atoms with Crippen molar-refractivity contribution in [1.82, 2.24) is 0 Å². The van der Waals surface area contributed by atoms with Gasteiger partial charge in [-0.05, 0) is 30.0 Å². The van der Waals surface area contributed by atoms with Crippen molar-refractivity contribution in [2.24, 2.45) is 17.4 Å². The van der Waals surface area contributed by atoms with E-state index in [1.807, 2.05) is 13.8 Å². The summed E-state index contributed by atoms with van der Waals surface area (Å²) in [6.07, 6.45) is 0.840. The van der Waals surface area contributed by atoms with E-state index in [0.29, 0.717) is 18.0 Å². The average Bonchev–Trinajstić information content (AvgIpc) is 2.30. The van der Waals surface area contributed by atoms with E-state index < -0.39 is 6.04 Å². The molecule has 0 bridgehead atoms. The zero-order valence-electron chi connectivity index (χ0n) is 11.3. The monoisotopic (exact) mass is 263 g/mol. The quantitative estimate of drug-likeness (QED) is 0.714. The maximum Gasteiger partial charge on any atom is 0.241 e. The highest BCUT2D eigenvalue weighted by atomic mass is 16.2. The number of primary amides is 1. The molecule has 0 fully saturated rings. The molecule has 1 atom stereocenters. The molecule has 1 aromatic carbocycles. The molecule has 0 heterocycles. The molecule has 0 spiro atoms. The molecule has 1 rings (SSSR count). The molecular formula is C14H21N3O2. The summed E-state index contributed by atoms with van der Waals surface area (Å²) in [6.45, 7) is 4.04. The van der Waals surface area contributed by atoms with Gasteiger partial charge in [-0.15, -0.1) is 0 Å². The summed E-state index contributed by atoms with van der Waals surface area (Å²) in [5.41, 5.74) is 12.4. The van der Waals surface area contributed by atoms with Gasteiger partial charge in [0.05, 0.1) is 12.5 Å². The summed E-state index contributed by atoms with van der Waals surface area (Å²) >= 11 is 0. The first-order valence-corrected chi connectivity index (χ1v) is 6.32. The minimum Gasteiger partial charge on any atom is -0.369 e. The third-order valence-corrected chi connectivity index (χ3v) is 2.66. The first-order valence-electron chi connectivity index (χ1n) is 6.32. The first kappa shape index (κ1) is 15.2. The van der Waals surface area contributed by atoms with E-state index in [-0.39, 0.29) is 18.2 Å². The SMILES string of the molecule is CC(C)C[C@@H](N)C(=O)Nc1ccc(CC(N)=O)cc1. The molecule has 2 amide bonds. The van der Waals surface area contributed by atoms with Gasteiger partial charge in [0, 0.05) is 5.69 Å². The molecule has 5 heteroatoms. The lowest BCUT2D eigenvalue weighted by atomic mass is 10.0. The number of carbonyl (C=O) groups is 2. The van der Waals surface area contributed by atoms with Crippen LogP contribution >= 0.6 is 0 Å². The maximum absolute atomic E-state index is 11.8. The Morgan fingerprint density at radius 2 is 1.79 bits per heavy atom. The summed E-state index contributed by atoms with van der Waals surface area (Å²) in [6, 6.07) is 6.48. The van der Waals surface area contributed by atoms with Gasteiger partial charge in [-0.3, -0.25) is 9.59 Å². The Morgan fingerprint density at radius 1 is 1.21 bits per heavy atom. The number of rotatable bonds is 6. The second-order valence-electron chi connectivity index (χ2n) is 5.07. The van der Waals surface area contributed by atoms with Crippen molar-refractivity contribution in [3.63, 3.8) is 0 Å². The van der Waals surface area contributed by atoms with Crippen LogP contribution in [0.4, 0.5) is 5.69 Å². The summed E-state index contributed by atoms with van der Waals surface area (Å²) in [7, 11) is 0. The Balaban J connectivity index is 2.57. The zero-order valence-corrected chi connectivity index (χ0v) is 11.3. The van der Waals surface area contributed by atoms with Crippen molar-refractivity contribution in [2.75, 3.05) is 5.32 Å². The van der Waals surface area contributed by atoms with Gasteiger partial charge in [0.15, 0.2) is 0 Å². The van der Waals surface area contributed by atoms with Crippen LogP contribution in [0.5, 0.6) is 0 Å². The predicted molar refractivity (Wildman–Crippen MR) is 75.4 cm³/mol. The number of nitrogens with two attached hydrogens (primary N) is 2. The second kappa shape index (κ2) is 6.89. The molecule has 0 saturated heterocycles. The summed E-state index contributed by atoms with van der Waals surface area (Å²) in [4.78, 5) is 22.6. The van der Waals surface area contributed by atoms with Crippen LogP contribution in [-0.2, 0) is 16.0 Å². The van der Waals surface area contributed by atoms with Crippen molar-refractivity contribution < 1.29 is 9.59 Å². The molecule has 0 saturated carbocycles. The topological polar surface area (TPSA) is 98.2 Å². The molecule has 19 heavy (non-hydrogen) atoms. The molecule has 0 radical (unpaired) electrons. The molecule has 0 aliphatic carbocycles. The highest BCUT2D eigenvalue weighted by Gasteiger charge is 2.14. The van der Waals surface area contributed by atoms with E-state index in [2.05, 4.69) is 5.32 Å². The van der Waals surface area contributed by atoms with E-state index in [9.17, 15) is 9.59 Å². The number of amides is 2. The smallest absolute Gasteiger partial charge is 0.241 e. The van der Waals surface area contributed by atoms with Crippen molar-refractivity contribution in [3.8, 4) is 0 Å². The Bertz CT molecular complexity index is 441. The summed E-state index contributed by atoms with van der Waals surface area (Å²) < 4.78 is 0. The van der Waals surface area contributed by atoms with Gasteiger partial charge in [-0.1, -0.05) is 26.0 Å². The van der Waals surface area contributed by atoms with Crippen LogP contribution in [0.1, 0.15) is 25.8 Å². The van der Waals surface area contributed by atoms with Crippen LogP contribution in [0.15, 0.2) is 24.3 Å². The number of nitrogens with one attached hydrogen (secondary N) is 1. The number of benzene rings is 1. The van der Waals surface area contributed by atoms with Gasteiger partial charge < -0.3 is 16.8 Å². The zero-order chi connectivity index (χ0) is 14.4. The van der Waals surface area contributed by atoms with Gasteiger partial charge in [0.1, 0.15) is 0 Å². The fourth-order valence-electron chi connectivity index (χ4n) is 1.76. The summed E-state index contributed by atoms with van der Waals surface area (Å²) in [5, 5.41) is 2.75. The minimum absolute atomic E-state index is 0.196. The Morgan fingerprint density at radius 3 is 2.26 bits per heavy atom. The summed E-state index contributed by atoms with van der Waals surface area (Å²) in [5.74, 6) is -0.203. The Hall–Kier alpha value is -1.88. The van der Waals surface area contributed by atoms with E-state index in [1.165, 1.54) is 0 Å². The largest absolute Gasteiger partial charge is 0.369 e. The van der Waals surface area contributed by atoms with Gasteiger partial charge in [-0.2, -0.15) is 0 Å². The number of carbonyl (C=O) groups excluding carboxylic acids is 2. The number of hydrogen-bond acceptors (Lipinski definition) is 3. The van der Waals surface area contributed by atoms with Crippen LogP contribution in [0, 0.1) is 5.92 Å². The normalized spacial score (nSPS) is 12.2. The third kappa shape index (κ3) is 5.52. The van der Waals surface area contributed by atoms with Crippen molar-refractivity contribution in [1.29, 1.82) is 0 Å². The molecule has 0 aliphatic rings. The second-order valence-corrected chi connectivity index (χ2v) is 5.07. The maximum atomic E-state index is 11.8. The number of hydrogen-bond donors (Lipinski definition) is 3. The van der Waals surface area contributed by atoms with Crippen LogP contribution < -0.4 is 16.8 Å². The first-order chi connectivity index (χ1) is 8.88. The third-order valence-electron chi connectivity index (χ3n) is 2.66. The Kier molecular flexibility index (Phi) is 5.51. The molecule has 0 unspecified atom stereocenters. The lowest BCUT2D eigenvalue weighted by Gasteiger charge is -2.14. The lowest BCUT2D eigenvalue weighted by Crippen LogP contribution is -2.36. The molecule has 0 aromatic heterocycles. The standard InChI is InChI=1S/C14H21N3O2/c1-9(2)7-12(15)14(19)17-11-5-3-10(4-6-11)8-13(16)18/h3-6,9,12H,7-8,15H2,1-2H3,(H2,16,18)(H,17,19)/t12-/m1/s1. The van der Waals surface area contributed by atoms with Gasteiger partial charge >= 0.3 is 0 Å².